The summed E-state index contributed by atoms with van der Waals surface area (Å²) < 4.78 is 11.7. The molecule has 1 fully saturated rings. The maximum Gasteiger partial charge on any atom is 0.133 e. The molecule has 4 heteroatoms. The van der Waals surface area contributed by atoms with E-state index in [1.807, 2.05) is 6.07 Å². The molecule has 0 radical (unpaired) electrons. The molecule has 2 rings (SSSR count). The minimum Gasteiger partial charge on any atom is -0.490 e. The van der Waals surface area contributed by atoms with E-state index in [0.717, 1.165) is 10.2 Å². The molecule has 0 aliphatic heterocycles. The van der Waals surface area contributed by atoms with E-state index in [9.17, 15) is 0 Å². The number of methoxy groups -OCH3 is 1. The van der Waals surface area contributed by atoms with E-state index in [2.05, 4.69) is 71.7 Å². The first-order valence-corrected chi connectivity index (χ1v) is 8.99. The average Bonchev–Trinajstić information content (AvgIpc) is 2.81. The molecule has 0 aromatic heterocycles. The third-order valence-corrected chi connectivity index (χ3v) is 6.92. The van der Waals surface area contributed by atoms with Crippen LogP contribution in [0.5, 0.6) is 5.75 Å². The maximum atomic E-state index is 5.68. The first kappa shape index (κ1) is 17.3. The summed E-state index contributed by atoms with van der Waals surface area (Å²) in [6.07, 6.45) is 0. The lowest BCUT2D eigenvalue weighted by Gasteiger charge is -2.15. The van der Waals surface area contributed by atoms with Crippen LogP contribution in [0.4, 0.5) is 0 Å². The molecule has 0 N–H and O–H groups in total. The summed E-state index contributed by atoms with van der Waals surface area (Å²) in [6.45, 7) is 10.6. The molecule has 0 heterocycles. The summed E-state index contributed by atoms with van der Waals surface area (Å²) in [6, 6.07) is 6.34. The second-order valence-electron chi connectivity index (χ2n) is 6.85. The van der Waals surface area contributed by atoms with Crippen LogP contribution in [0.25, 0.3) is 0 Å². The zero-order chi connectivity index (χ0) is 15.8. The summed E-state index contributed by atoms with van der Waals surface area (Å²) in [5.74, 6) is 1.50. The number of alkyl halides is 1. The van der Waals surface area contributed by atoms with Gasteiger partial charge < -0.3 is 9.47 Å². The van der Waals surface area contributed by atoms with Gasteiger partial charge in [-0.3, -0.25) is 0 Å². The molecule has 2 nitrogen and oxygen atoms in total. The van der Waals surface area contributed by atoms with E-state index in [-0.39, 0.29) is 0 Å². The molecule has 1 aliphatic rings. The van der Waals surface area contributed by atoms with Gasteiger partial charge in [-0.05, 0) is 50.4 Å². The van der Waals surface area contributed by atoms with Crippen LogP contribution in [0, 0.1) is 16.7 Å². The Bertz CT molecular complexity index is 498. The Labute approximate surface area is 144 Å². The van der Waals surface area contributed by atoms with Crippen LogP contribution in [0.3, 0.4) is 0 Å². The van der Waals surface area contributed by atoms with Crippen LogP contribution in [0.15, 0.2) is 22.7 Å². The minimum absolute atomic E-state index is 0.362. The fraction of sp³-hybridized carbons (Fsp3) is 0.647. The van der Waals surface area contributed by atoms with Crippen molar-refractivity contribution in [3.63, 3.8) is 0 Å². The highest BCUT2D eigenvalue weighted by atomic mass is 79.9. The monoisotopic (exact) mass is 418 g/mol. The topological polar surface area (TPSA) is 18.5 Å². The third-order valence-electron chi connectivity index (χ3n) is 5.24. The van der Waals surface area contributed by atoms with Gasteiger partial charge in [0.15, 0.2) is 0 Å². The zero-order valence-electron chi connectivity index (χ0n) is 13.4. The maximum absolute atomic E-state index is 5.68. The second-order valence-corrected chi connectivity index (χ2v) is 8.69. The van der Waals surface area contributed by atoms with Crippen molar-refractivity contribution >= 4 is 31.9 Å². The van der Waals surface area contributed by atoms with Gasteiger partial charge in [0.25, 0.3) is 0 Å². The molecule has 0 amide bonds. The predicted octanol–water partition coefficient (Wildman–Crippen LogP) is 5.59. The smallest absolute Gasteiger partial charge is 0.133 e. The van der Waals surface area contributed by atoms with Crippen molar-refractivity contribution in [2.24, 2.45) is 16.7 Å². The molecular weight excluding hydrogens is 396 g/mol. The van der Waals surface area contributed by atoms with Gasteiger partial charge in [-0.1, -0.05) is 49.7 Å². The quantitative estimate of drug-likeness (QED) is 0.441. The summed E-state index contributed by atoms with van der Waals surface area (Å²) >= 11 is 7.51. The third kappa shape index (κ3) is 3.18. The molecule has 21 heavy (non-hydrogen) atoms. The van der Waals surface area contributed by atoms with Gasteiger partial charge in [0, 0.05) is 11.9 Å². The molecule has 1 atom stereocenters. The highest BCUT2D eigenvalue weighted by Gasteiger charge is 2.66. The van der Waals surface area contributed by atoms with Crippen molar-refractivity contribution in [2.75, 3.05) is 20.3 Å². The Balaban J connectivity index is 2.10. The molecule has 1 aromatic carbocycles. The SMILES string of the molecule is COCCOc1ccc(C(Br)C2C(C)(C)C2(C)C)cc1Br. The normalized spacial score (nSPS) is 21.1. The Morgan fingerprint density at radius 2 is 1.76 bits per heavy atom. The van der Waals surface area contributed by atoms with E-state index in [1.54, 1.807) is 7.11 Å². The van der Waals surface area contributed by atoms with E-state index in [1.165, 1.54) is 5.56 Å². The van der Waals surface area contributed by atoms with Crippen molar-refractivity contribution in [1.82, 2.24) is 0 Å². The number of halogens is 2. The lowest BCUT2D eigenvalue weighted by molar-refractivity contribution is 0.146. The molecule has 0 bridgehead atoms. The molecule has 1 aromatic rings. The number of hydrogen-bond donors (Lipinski definition) is 0. The van der Waals surface area contributed by atoms with E-state index < -0.39 is 0 Å². The second kappa shape index (κ2) is 6.21. The first-order valence-electron chi connectivity index (χ1n) is 7.28. The van der Waals surface area contributed by atoms with Crippen molar-refractivity contribution in [1.29, 1.82) is 0 Å². The molecule has 1 saturated carbocycles. The highest BCUT2D eigenvalue weighted by Crippen LogP contribution is 2.74. The van der Waals surface area contributed by atoms with Gasteiger partial charge in [0.1, 0.15) is 12.4 Å². The summed E-state index contributed by atoms with van der Waals surface area (Å²) in [5.41, 5.74) is 2.02. The first-order chi connectivity index (χ1) is 9.73. The van der Waals surface area contributed by atoms with E-state index >= 15 is 0 Å². The van der Waals surface area contributed by atoms with Crippen molar-refractivity contribution in [3.8, 4) is 5.75 Å². The largest absolute Gasteiger partial charge is 0.490 e. The molecule has 0 saturated heterocycles. The van der Waals surface area contributed by atoms with Crippen LogP contribution in [0.2, 0.25) is 0 Å². The lowest BCUT2D eigenvalue weighted by atomic mass is 10.0. The van der Waals surface area contributed by atoms with Gasteiger partial charge in [-0.15, -0.1) is 0 Å². The molecule has 1 aliphatic carbocycles. The number of benzene rings is 1. The number of rotatable bonds is 6. The minimum atomic E-state index is 0.362. The summed E-state index contributed by atoms with van der Waals surface area (Å²) in [4.78, 5) is 0.367. The fourth-order valence-electron chi connectivity index (χ4n) is 3.21. The van der Waals surface area contributed by atoms with Gasteiger partial charge in [-0.2, -0.15) is 0 Å². The standard InChI is InChI=1S/C17H24Br2O2/c1-16(2)15(17(16,3)4)14(19)11-6-7-13(12(18)10-11)21-9-8-20-5/h6-7,10,14-15H,8-9H2,1-5H3. The summed E-state index contributed by atoms with van der Waals surface area (Å²) in [5, 5.41) is 0. The highest BCUT2D eigenvalue weighted by molar-refractivity contribution is 9.10. The lowest BCUT2D eigenvalue weighted by Crippen LogP contribution is -2.05. The van der Waals surface area contributed by atoms with Crippen LogP contribution in [-0.4, -0.2) is 20.3 Å². The summed E-state index contributed by atoms with van der Waals surface area (Å²) in [7, 11) is 1.68. The van der Waals surface area contributed by atoms with E-state index in [4.69, 9.17) is 9.47 Å². The molecular formula is C17H24Br2O2. The van der Waals surface area contributed by atoms with Gasteiger partial charge >= 0.3 is 0 Å². The molecule has 1 unspecified atom stereocenters. The van der Waals surface area contributed by atoms with Crippen molar-refractivity contribution in [3.05, 3.63) is 28.2 Å². The van der Waals surface area contributed by atoms with Gasteiger partial charge in [0.05, 0.1) is 11.1 Å². The number of hydrogen-bond acceptors (Lipinski definition) is 2. The average molecular weight is 420 g/mol. The van der Waals surface area contributed by atoms with Gasteiger partial charge in [-0.25, -0.2) is 0 Å². The Kier molecular flexibility index (Phi) is 5.11. The van der Waals surface area contributed by atoms with E-state index in [0.29, 0.717) is 34.8 Å². The number of ether oxygens (including phenoxy) is 2. The molecule has 0 spiro atoms. The fourth-order valence-corrected chi connectivity index (χ4v) is 5.33. The van der Waals surface area contributed by atoms with Crippen molar-refractivity contribution < 1.29 is 9.47 Å². The van der Waals surface area contributed by atoms with Crippen LogP contribution < -0.4 is 4.74 Å². The van der Waals surface area contributed by atoms with Crippen molar-refractivity contribution in [2.45, 2.75) is 32.5 Å². The predicted molar refractivity (Wildman–Crippen MR) is 94.2 cm³/mol. The van der Waals surface area contributed by atoms with Gasteiger partial charge in [0.2, 0.25) is 0 Å². The van der Waals surface area contributed by atoms with Crippen LogP contribution in [-0.2, 0) is 4.74 Å². The zero-order valence-corrected chi connectivity index (χ0v) is 16.5. The Morgan fingerprint density at radius 3 is 2.24 bits per heavy atom. The molecule has 118 valence electrons. The van der Waals surface area contributed by atoms with Crippen LogP contribution in [0.1, 0.15) is 38.1 Å². The Morgan fingerprint density at radius 1 is 1.14 bits per heavy atom. The Hall–Kier alpha value is -0.0600. The van der Waals surface area contributed by atoms with Crippen LogP contribution >= 0.6 is 31.9 Å².